The van der Waals surface area contributed by atoms with E-state index in [4.69, 9.17) is 0 Å². The van der Waals surface area contributed by atoms with Gasteiger partial charge in [0.2, 0.25) is 0 Å². The number of H-pyrrole nitrogens is 1. The van der Waals surface area contributed by atoms with Crippen LogP contribution in [-0.4, -0.2) is 26.3 Å². The van der Waals surface area contributed by atoms with Gasteiger partial charge in [0.1, 0.15) is 22.4 Å². The lowest BCUT2D eigenvalue weighted by molar-refractivity contribution is 0.102. The van der Waals surface area contributed by atoms with E-state index in [0.717, 1.165) is 17.4 Å². The minimum absolute atomic E-state index is 0.0265. The maximum Gasteiger partial charge on any atom is 0.257 e. The largest absolute Gasteiger partial charge is 0.298 e. The van der Waals surface area contributed by atoms with E-state index in [1.54, 1.807) is 18.2 Å². The number of benzene rings is 2. The van der Waals surface area contributed by atoms with Crippen molar-refractivity contribution in [2.45, 2.75) is 0 Å². The Labute approximate surface area is 131 Å². The van der Waals surface area contributed by atoms with Gasteiger partial charge in [-0.3, -0.25) is 10.1 Å². The molecule has 0 atom stereocenters. The van der Waals surface area contributed by atoms with Gasteiger partial charge in [-0.25, -0.2) is 13.8 Å². The third-order valence-corrected chi connectivity index (χ3v) is 4.13. The minimum Gasteiger partial charge on any atom is -0.298 e. The molecule has 2 aromatic heterocycles. The van der Waals surface area contributed by atoms with Crippen LogP contribution in [0.2, 0.25) is 0 Å². The van der Waals surface area contributed by atoms with Crippen LogP contribution in [0.3, 0.4) is 0 Å². The average Bonchev–Trinajstić information content (AvgIpc) is 3.12. The SMILES string of the molecule is O=C(Nc1nc2c(F)cc(F)cc2s1)c1ccc2n[nH]nc2c1. The van der Waals surface area contributed by atoms with Gasteiger partial charge in [0, 0.05) is 11.6 Å². The molecule has 9 heteroatoms. The Morgan fingerprint density at radius 2 is 1.96 bits per heavy atom. The topological polar surface area (TPSA) is 83.6 Å². The number of carbonyl (C=O) groups excluding carboxylic acids is 1. The third-order valence-electron chi connectivity index (χ3n) is 3.21. The highest BCUT2D eigenvalue weighted by Gasteiger charge is 2.14. The van der Waals surface area contributed by atoms with E-state index >= 15 is 0 Å². The van der Waals surface area contributed by atoms with Crippen molar-refractivity contribution in [3.8, 4) is 0 Å². The van der Waals surface area contributed by atoms with Crippen LogP contribution < -0.4 is 5.32 Å². The highest BCUT2D eigenvalue weighted by molar-refractivity contribution is 7.22. The molecular weight excluding hydrogens is 324 g/mol. The number of rotatable bonds is 2. The van der Waals surface area contributed by atoms with Crippen molar-refractivity contribution >= 4 is 43.6 Å². The molecule has 0 bridgehead atoms. The molecule has 6 nitrogen and oxygen atoms in total. The van der Waals surface area contributed by atoms with E-state index in [1.165, 1.54) is 6.07 Å². The number of halogens is 2. The molecule has 0 saturated carbocycles. The lowest BCUT2D eigenvalue weighted by atomic mass is 10.2. The number of fused-ring (bicyclic) bond motifs is 2. The third kappa shape index (κ3) is 2.40. The Morgan fingerprint density at radius 3 is 2.83 bits per heavy atom. The Balaban J connectivity index is 1.66. The van der Waals surface area contributed by atoms with E-state index in [-0.39, 0.29) is 10.6 Å². The highest BCUT2D eigenvalue weighted by Crippen LogP contribution is 2.29. The first-order chi connectivity index (χ1) is 11.1. The second kappa shape index (κ2) is 5.06. The molecule has 0 radical (unpaired) electrons. The first-order valence-corrected chi connectivity index (χ1v) is 7.29. The summed E-state index contributed by atoms with van der Waals surface area (Å²) in [7, 11) is 0. The standard InChI is InChI=1S/C14H7F2N5OS/c15-7-4-8(16)12-11(5-7)23-14(17-12)18-13(22)6-1-2-9-10(3-6)20-21-19-9/h1-5H,(H,17,18,22)(H,19,20,21). The molecule has 23 heavy (non-hydrogen) atoms. The van der Waals surface area contributed by atoms with E-state index in [0.29, 0.717) is 21.3 Å². The van der Waals surface area contributed by atoms with E-state index in [1.807, 2.05) is 0 Å². The number of thiazole rings is 1. The van der Waals surface area contributed by atoms with Crippen molar-refractivity contribution in [2.75, 3.05) is 5.32 Å². The summed E-state index contributed by atoms with van der Waals surface area (Å²) < 4.78 is 27.1. The lowest BCUT2D eigenvalue weighted by Gasteiger charge is -2.00. The molecule has 1 amide bonds. The summed E-state index contributed by atoms with van der Waals surface area (Å²) in [6.07, 6.45) is 0. The minimum atomic E-state index is -0.763. The van der Waals surface area contributed by atoms with Gasteiger partial charge in [-0.15, -0.1) is 0 Å². The summed E-state index contributed by atoms with van der Waals surface area (Å²) >= 11 is 0.997. The second-order valence-electron chi connectivity index (χ2n) is 4.73. The van der Waals surface area contributed by atoms with Gasteiger partial charge >= 0.3 is 0 Å². The Bertz CT molecular complexity index is 1060. The summed E-state index contributed by atoms with van der Waals surface area (Å²) in [5.41, 5.74) is 1.57. The smallest absolute Gasteiger partial charge is 0.257 e. The first kappa shape index (κ1) is 13.7. The fourth-order valence-corrected chi connectivity index (χ4v) is 3.06. The zero-order valence-electron chi connectivity index (χ0n) is 11.3. The molecule has 2 aromatic carbocycles. The van der Waals surface area contributed by atoms with E-state index in [9.17, 15) is 13.6 Å². The van der Waals surface area contributed by atoms with Crippen LogP contribution in [0.1, 0.15) is 10.4 Å². The molecule has 0 fully saturated rings. The number of hydrogen-bond donors (Lipinski definition) is 2. The molecule has 0 aliphatic rings. The number of anilines is 1. The van der Waals surface area contributed by atoms with Crippen molar-refractivity contribution in [1.29, 1.82) is 0 Å². The van der Waals surface area contributed by atoms with Crippen LogP contribution >= 0.6 is 11.3 Å². The molecular formula is C14H7F2N5OS. The number of amides is 1. The van der Waals surface area contributed by atoms with Crippen molar-refractivity contribution in [2.24, 2.45) is 0 Å². The zero-order valence-corrected chi connectivity index (χ0v) is 12.1. The predicted octanol–water partition coefficient (Wildman–Crippen LogP) is 3.10. The van der Waals surface area contributed by atoms with Gasteiger partial charge in [-0.05, 0) is 24.3 Å². The number of carbonyl (C=O) groups is 1. The predicted molar refractivity (Wildman–Crippen MR) is 81.4 cm³/mol. The highest BCUT2D eigenvalue weighted by atomic mass is 32.1. The van der Waals surface area contributed by atoms with Gasteiger partial charge in [-0.2, -0.15) is 15.4 Å². The van der Waals surface area contributed by atoms with Crippen molar-refractivity contribution < 1.29 is 13.6 Å². The van der Waals surface area contributed by atoms with Crippen LogP contribution in [0.25, 0.3) is 21.3 Å². The van der Waals surface area contributed by atoms with Crippen LogP contribution in [0.4, 0.5) is 13.9 Å². The lowest BCUT2D eigenvalue weighted by Crippen LogP contribution is -2.11. The number of aromatic nitrogens is 4. The normalized spacial score (nSPS) is 11.2. The molecule has 2 N–H and O–H groups in total. The summed E-state index contributed by atoms with van der Waals surface area (Å²) in [4.78, 5) is 16.2. The van der Waals surface area contributed by atoms with Gasteiger partial charge in [0.05, 0.1) is 4.70 Å². The molecule has 0 aliphatic carbocycles. The summed E-state index contributed by atoms with van der Waals surface area (Å²) in [5.74, 6) is -1.87. The Morgan fingerprint density at radius 1 is 1.13 bits per heavy atom. The maximum absolute atomic E-state index is 13.6. The summed E-state index contributed by atoms with van der Waals surface area (Å²) in [6, 6.07) is 6.75. The molecule has 0 aliphatic heterocycles. The van der Waals surface area contributed by atoms with Crippen LogP contribution in [0.5, 0.6) is 0 Å². The molecule has 0 spiro atoms. The van der Waals surface area contributed by atoms with E-state index < -0.39 is 17.5 Å². The van der Waals surface area contributed by atoms with Crippen LogP contribution in [0, 0.1) is 11.6 Å². The molecule has 114 valence electrons. The number of nitrogens with one attached hydrogen (secondary N) is 2. The number of hydrogen-bond acceptors (Lipinski definition) is 5. The van der Waals surface area contributed by atoms with Crippen molar-refractivity contribution in [3.05, 3.63) is 47.5 Å². The molecule has 0 unspecified atom stereocenters. The maximum atomic E-state index is 13.6. The van der Waals surface area contributed by atoms with Gasteiger partial charge in [0.25, 0.3) is 5.91 Å². The second-order valence-corrected chi connectivity index (χ2v) is 5.77. The average molecular weight is 331 g/mol. The molecule has 0 saturated heterocycles. The van der Waals surface area contributed by atoms with Crippen molar-refractivity contribution in [3.63, 3.8) is 0 Å². The Hall–Kier alpha value is -2.94. The van der Waals surface area contributed by atoms with Crippen LogP contribution in [-0.2, 0) is 0 Å². The fraction of sp³-hybridized carbons (Fsp3) is 0. The number of aromatic amines is 1. The monoisotopic (exact) mass is 331 g/mol. The zero-order chi connectivity index (χ0) is 16.0. The summed E-state index contributed by atoms with van der Waals surface area (Å²) in [6.45, 7) is 0. The fourth-order valence-electron chi connectivity index (χ4n) is 2.16. The first-order valence-electron chi connectivity index (χ1n) is 6.47. The van der Waals surface area contributed by atoms with E-state index in [2.05, 4.69) is 25.7 Å². The molecule has 4 aromatic rings. The van der Waals surface area contributed by atoms with Gasteiger partial charge in [-0.1, -0.05) is 11.3 Å². The molecule has 4 rings (SSSR count). The Kier molecular flexibility index (Phi) is 3.01. The van der Waals surface area contributed by atoms with Gasteiger partial charge in [0.15, 0.2) is 10.9 Å². The summed E-state index contributed by atoms with van der Waals surface area (Å²) in [5, 5.41) is 13.0. The quantitative estimate of drug-likeness (QED) is 0.591. The van der Waals surface area contributed by atoms with Crippen LogP contribution in [0.15, 0.2) is 30.3 Å². The van der Waals surface area contributed by atoms with Gasteiger partial charge < -0.3 is 0 Å². The van der Waals surface area contributed by atoms with Crippen molar-refractivity contribution in [1.82, 2.24) is 20.4 Å². The molecule has 2 heterocycles. The number of nitrogens with zero attached hydrogens (tertiary/aromatic N) is 3.